The third kappa shape index (κ3) is 5.73. The Morgan fingerprint density at radius 2 is 1.50 bits per heavy atom. The van der Waals surface area contributed by atoms with E-state index < -0.39 is 0 Å². The van der Waals surface area contributed by atoms with Crippen molar-refractivity contribution in [2.45, 2.75) is 44.9 Å². The molecule has 2 aromatic carbocycles. The molecule has 1 heterocycles. The van der Waals surface area contributed by atoms with Crippen molar-refractivity contribution in [3.63, 3.8) is 0 Å². The van der Waals surface area contributed by atoms with Gasteiger partial charge in [-0.2, -0.15) is 0 Å². The second kappa shape index (κ2) is 11.2. The quantitative estimate of drug-likeness (QED) is 0.477. The van der Waals surface area contributed by atoms with Crippen LogP contribution < -0.4 is 15.5 Å². The highest BCUT2D eigenvalue weighted by molar-refractivity contribution is 7.56. The van der Waals surface area contributed by atoms with Gasteiger partial charge in [-0.15, -0.1) is 0 Å². The molecule has 2 nitrogen and oxygen atoms in total. The second-order valence-electron chi connectivity index (χ2n) is 9.87. The number of phenolic OH excluding ortho intramolecular Hbond substituents is 1. The fraction of sp³-hybridized carbons (Fsp3) is 0.355. The number of para-hydroxylation sites is 1. The van der Waals surface area contributed by atoms with Gasteiger partial charge in [0, 0.05) is 29.4 Å². The predicted octanol–water partition coefficient (Wildman–Crippen LogP) is 6.36. The van der Waals surface area contributed by atoms with Crippen LogP contribution in [-0.4, -0.2) is 18.2 Å². The van der Waals surface area contributed by atoms with Crippen LogP contribution in [0.5, 0.6) is 5.75 Å². The van der Waals surface area contributed by atoms with Crippen molar-refractivity contribution in [3.8, 4) is 5.75 Å². The number of anilines is 1. The minimum Gasteiger partial charge on any atom is -0.507 e. The van der Waals surface area contributed by atoms with Crippen LogP contribution in [0.4, 0.5) is 5.69 Å². The first kappa shape index (κ1) is 23.2. The Labute approximate surface area is 206 Å². The van der Waals surface area contributed by atoms with Crippen molar-refractivity contribution >= 4 is 24.9 Å². The summed E-state index contributed by atoms with van der Waals surface area (Å²) in [6.45, 7) is 2.28. The van der Waals surface area contributed by atoms with E-state index in [-0.39, 0.29) is 0 Å². The van der Waals surface area contributed by atoms with Gasteiger partial charge in [0.1, 0.15) is 5.75 Å². The average molecular weight is 470 g/mol. The topological polar surface area (TPSA) is 23.5 Å². The van der Waals surface area contributed by atoms with Crippen molar-refractivity contribution in [2.75, 3.05) is 18.0 Å². The van der Waals surface area contributed by atoms with E-state index in [4.69, 9.17) is 0 Å². The highest BCUT2D eigenvalue weighted by Gasteiger charge is 2.19. The van der Waals surface area contributed by atoms with Gasteiger partial charge in [-0.25, -0.2) is 0 Å². The van der Waals surface area contributed by atoms with Gasteiger partial charge in [0.05, 0.1) is 0 Å². The van der Waals surface area contributed by atoms with E-state index in [1.807, 2.05) is 0 Å². The molecule has 3 atom stereocenters. The molecule has 5 rings (SSSR count). The van der Waals surface area contributed by atoms with Gasteiger partial charge in [0.25, 0.3) is 0 Å². The first-order valence-electron chi connectivity index (χ1n) is 12.9. The van der Waals surface area contributed by atoms with E-state index in [0.717, 1.165) is 49.6 Å². The van der Waals surface area contributed by atoms with Crippen LogP contribution in [-0.2, 0) is 12.8 Å². The lowest BCUT2D eigenvalue weighted by Crippen LogP contribution is -2.32. The van der Waals surface area contributed by atoms with E-state index in [9.17, 15) is 5.11 Å². The first-order chi connectivity index (χ1) is 16.8. The summed E-state index contributed by atoms with van der Waals surface area (Å²) in [5, 5.41) is 13.9. The summed E-state index contributed by atoms with van der Waals surface area (Å²) >= 11 is 0. The number of hydrogen-bond donors (Lipinski definition) is 1. The maximum atomic E-state index is 11.4. The molecule has 2 aliphatic carbocycles. The lowest BCUT2D eigenvalue weighted by Gasteiger charge is -2.30. The molecule has 2 aromatic rings. The summed E-state index contributed by atoms with van der Waals surface area (Å²) in [6, 6.07) is 13.4. The zero-order valence-corrected chi connectivity index (χ0v) is 21.0. The molecule has 34 heavy (non-hydrogen) atoms. The molecule has 3 aliphatic rings. The smallest absolute Gasteiger partial charge is 0.126 e. The van der Waals surface area contributed by atoms with Crippen LogP contribution >= 0.6 is 8.58 Å². The van der Waals surface area contributed by atoms with Crippen LogP contribution in [0.1, 0.15) is 43.2 Å². The molecule has 3 heteroatoms. The number of allylic oxidation sites excluding steroid dienone is 8. The molecular weight excluding hydrogens is 433 g/mol. The minimum absolute atomic E-state index is 0.459. The lowest BCUT2D eigenvalue weighted by molar-refractivity contribution is 0.467. The Morgan fingerprint density at radius 1 is 0.794 bits per heavy atom. The van der Waals surface area contributed by atoms with Crippen molar-refractivity contribution < 1.29 is 5.11 Å². The van der Waals surface area contributed by atoms with Gasteiger partial charge in [0.15, 0.2) is 0 Å². The van der Waals surface area contributed by atoms with E-state index in [1.165, 1.54) is 35.8 Å². The zero-order chi connectivity index (χ0) is 23.2. The maximum Gasteiger partial charge on any atom is 0.126 e. The van der Waals surface area contributed by atoms with Gasteiger partial charge in [-0.3, -0.25) is 0 Å². The monoisotopic (exact) mass is 469 g/mol. The van der Waals surface area contributed by atoms with E-state index in [0.29, 0.717) is 26.2 Å². The van der Waals surface area contributed by atoms with Crippen molar-refractivity contribution in [1.29, 1.82) is 0 Å². The van der Waals surface area contributed by atoms with Gasteiger partial charge in [-0.05, 0) is 80.0 Å². The predicted molar refractivity (Wildman–Crippen MR) is 148 cm³/mol. The van der Waals surface area contributed by atoms with E-state index in [2.05, 4.69) is 89.9 Å². The fourth-order valence-electron chi connectivity index (χ4n) is 5.42. The number of aromatic hydroxyl groups is 1. The molecule has 176 valence electrons. The van der Waals surface area contributed by atoms with Crippen LogP contribution in [0.15, 0.2) is 85.0 Å². The Kier molecular flexibility index (Phi) is 7.66. The Bertz CT molecular complexity index is 1110. The standard InChI is InChI=1S/C31H36NOP/c33-31-27(21-25-14-6-2-7-15-25)22-26(20-24-12-4-1-5-13-24)23-30(31)34-29-17-9-8-16-28(29)32-18-10-3-11-19-32/h1-2,4-9,12,14,16-17,22-25,33-34H,3,10-11,13,15,18-21H2. The maximum absolute atomic E-state index is 11.4. The first-order valence-corrected chi connectivity index (χ1v) is 13.9. The normalized spacial score (nSPS) is 22.2. The average Bonchev–Trinajstić information content (AvgIpc) is 2.89. The van der Waals surface area contributed by atoms with Crippen LogP contribution in [0.25, 0.3) is 0 Å². The Morgan fingerprint density at radius 3 is 2.21 bits per heavy atom. The third-order valence-corrected chi connectivity index (χ3v) is 8.58. The Balaban J connectivity index is 1.45. The molecular formula is C31H36NOP. The molecule has 0 saturated carbocycles. The Hall–Kier alpha value is -2.57. The highest BCUT2D eigenvalue weighted by Crippen LogP contribution is 2.32. The highest BCUT2D eigenvalue weighted by atomic mass is 31.1. The number of phenols is 1. The summed E-state index contributed by atoms with van der Waals surface area (Å²) in [4.78, 5) is 2.55. The molecule has 3 unspecified atom stereocenters. The lowest BCUT2D eigenvalue weighted by atomic mass is 9.89. The van der Waals surface area contributed by atoms with Gasteiger partial charge in [-0.1, -0.05) is 81.5 Å². The summed E-state index contributed by atoms with van der Waals surface area (Å²) in [5.41, 5.74) is 3.81. The fourth-order valence-corrected chi connectivity index (χ4v) is 6.79. The van der Waals surface area contributed by atoms with Gasteiger partial charge < -0.3 is 10.0 Å². The molecule has 0 bridgehead atoms. The molecule has 1 fully saturated rings. The van der Waals surface area contributed by atoms with Crippen LogP contribution in [0.2, 0.25) is 0 Å². The van der Waals surface area contributed by atoms with Crippen molar-refractivity contribution in [1.82, 2.24) is 0 Å². The molecule has 0 amide bonds. The van der Waals surface area contributed by atoms with Crippen LogP contribution in [0, 0.1) is 11.8 Å². The molecule has 1 saturated heterocycles. The van der Waals surface area contributed by atoms with E-state index >= 15 is 0 Å². The number of hydrogen-bond acceptors (Lipinski definition) is 2. The number of piperidine rings is 1. The molecule has 0 spiro atoms. The summed E-state index contributed by atoms with van der Waals surface area (Å²) in [5.74, 6) is 1.51. The van der Waals surface area contributed by atoms with E-state index in [1.54, 1.807) is 0 Å². The molecule has 0 radical (unpaired) electrons. The van der Waals surface area contributed by atoms with Gasteiger partial charge in [0.2, 0.25) is 0 Å². The zero-order valence-electron chi connectivity index (χ0n) is 20.0. The third-order valence-electron chi connectivity index (χ3n) is 7.24. The summed E-state index contributed by atoms with van der Waals surface area (Å²) in [6.07, 6.45) is 25.7. The van der Waals surface area contributed by atoms with Gasteiger partial charge >= 0.3 is 0 Å². The SMILES string of the molecule is Oc1c(CC2C=CC=CC2)cc(CC2C=CC=CC2)cc1Pc1ccccc1N1CCCCC1. The van der Waals surface area contributed by atoms with Crippen LogP contribution in [0.3, 0.4) is 0 Å². The summed E-state index contributed by atoms with van der Waals surface area (Å²) in [7, 11) is 0.460. The number of benzene rings is 2. The second-order valence-corrected chi connectivity index (χ2v) is 11.2. The molecule has 0 aromatic heterocycles. The largest absolute Gasteiger partial charge is 0.507 e. The minimum atomic E-state index is 0.459. The number of nitrogens with zero attached hydrogens (tertiary/aromatic N) is 1. The van der Waals surface area contributed by atoms with Crippen molar-refractivity contribution in [2.24, 2.45) is 11.8 Å². The summed E-state index contributed by atoms with van der Waals surface area (Å²) < 4.78 is 0. The molecule has 1 N–H and O–H groups in total. The van der Waals surface area contributed by atoms with Crippen molar-refractivity contribution in [3.05, 3.63) is 96.1 Å². The molecule has 1 aliphatic heterocycles. The number of rotatable bonds is 7.